The van der Waals surface area contributed by atoms with Gasteiger partial charge in [-0.1, -0.05) is 29.8 Å². The molecule has 2 rings (SSSR count). The highest BCUT2D eigenvalue weighted by molar-refractivity contribution is 6.31. The first kappa shape index (κ1) is 11.6. The third-order valence-electron chi connectivity index (χ3n) is 2.43. The van der Waals surface area contributed by atoms with E-state index in [1.54, 1.807) is 12.1 Å². The van der Waals surface area contributed by atoms with Crippen LogP contribution in [0.25, 0.3) is 0 Å². The number of rotatable bonds is 3. The van der Waals surface area contributed by atoms with E-state index in [1.165, 1.54) is 0 Å². The number of nitrogens with one attached hydrogen (secondary N) is 1. The van der Waals surface area contributed by atoms with Gasteiger partial charge in [0.05, 0.1) is 5.69 Å². The van der Waals surface area contributed by atoms with Gasteiger partial charge in [0, 0.05) is 10.7 Å². The van der Waals surface area contributed by atoms with Crippen LogP contribution in [0, 0.1) is 6.92 Å². The Balaban J connectivity index is 2.14. The molecule has 0 spiro atoms. The first-order valence-corrected chi connectivity index (χ1v) is 5.58. The lowest BCUT2D eigenvalue weighted by molar-refractivity contribution is 0.405. The Bertz CT molecular complexity index is 514. The fourth-order valence-electron chi connectivity index (χ4n) is 1.41. The van der Waals surface area contributed by atoms with Crippen LogP contribution >= 0.6 is 11.6 Å². The molecule has 2 aromatic carbocycles. The van der Waals surface area contributed by atoms with E-state index in [0.29, 0.717) is 10.7 Å². The van der Waals surface area contributed by atoms with E-state index in [9.17, 15) is 0 Å². The number of hydrogen-bond acceptors (Lipinski definition) is 3. The van der Waals surface area contributed by atoms with Crippen LogP contribution < -0.4 is 16.1 Å². The van der Waals surface area contributed by atoms with Crippen molar-refractivity contribution in [2.45, 2.75) is 6.92 Å². The lowest BCUT2D eigenvalue weighted by Gasteiger charge is -2.12. The minimum Gasteiger partial charge on any atom is -0.398 e. The van der Waals surface area contributed by atoms with Gasteiger partial charge in [-0.25, -0.2) is 5.48 Å². The summed E-state index contributed by atoms with van der Waals surface area (Å²) in [6.07, 6.45) is 0. The molecule has 0 aliphatic heterocycles. The van der Waals surface area contributed by atoms with Crippen molar-refractivity contribution >= 4 is 23.0 Å². The van der Waals surface area contributed by atoms with Gasteiger partial charge in [0.2, 0.25) is 0 Å². The van der Waals surface area contributed by atoms with E-state index in [1.807, 2.05) is 37.3 Å². The SMILES string of the molecule is Cc1c(N)cc(Cl)cc1NOc1ccccc1. The summed E-state index contributed by atoms with van der Waals surface area (Å²) >= 11 is 5.93. The maximum absolute atomic E-state index is 5.93. The van der Waals surface area contributed by atoms with Crippen molar-refractivity contribution in [2.75, 3.05) is 11.2 Å². The Morgan fingerprint density at radius 1 is 1.18 bits per heavy atom. The van der Waals surface area contributed by atoms with Crippen LogP contribution in [0.5, 0.6) is 5.75 Å². The second kappa shape index (κ2) is 4.97. The van der Waals surface area contributed by atoms with E-state index >= 15 is 0 Å². The van der Waals surface area contributed by atoms with Crippen LogP contribution in [0.3, 0.4) is 0 Å². The monoisotopic (exact) mass is 248 g/mol. The van der Waals surface area contributed by atoms with E-state index in [0.717, 1.165) is 17.0 Å². The van der Waals surface area contributed by atoms with Crippen LogP contribution in [-0.2, 0) is 0 Å². The van der Waals surface area contributed by atoms with E-state index < -0.39 is 0 Å². The van der Waals surface area contributed by atoms with Gasteiger partial charge in [0.1, 0.15) is 0 Å². The molecule has 0 amide bonds. The lowest BCUT2D eigenvalue weighted by atomic mass is 10.1. The number of benzene rings is 2. The summed E-state index contributed by atoms with van der Waals surface area (Å²) in [6, 6.07) is 12.9. The zero-order valence-corrected chi connectivity index (χ0v) is 10.2. The van der Waals surface area contributed by atoms with Gasteiger partial charge in [0.15, 0.2) is 5.75 Å². The predicted octanol–water partition coefficient (Wildman–Crippen LogP) is 3.64. The highest BCUT2D eigenvalue weighted by Crippen LogP contribution is 2.26. The van der Waals surface area contributed by atoms with Gasteiger partial charge >= 0.3 is 0 Å². The molecular formula is C13H13ClN2O. The fraction of sp³-hybridized carbons (Fsp3) is 0.0769. The highest BCUT2D eigenvalue weighted by Gasteiger charge is 2.04. The molecule has 0 heterocycles. The first-order valence-electron chi connectivity index (χ1n) is 5.20. The van der Waals surface area contributed by atoms with E-state index in [4.69, 9.17) is 22.2 Å². The summed E-state index contributed by atoms with van der Waals surface area (Å²) in [5, 5.41) is 0.576. The van der Waals surface area contributed by atoms with Gasteiger partial charge in [-0.3, -0.25) is 0 Å². The highest BCUT2D eigenvalue weighted by atomic mass is 35.5. The van der Waals surface area contributed by atoms with Gasteiger partial charge in [0.25, 0.3) is 0 Å². The summed E-state index contributed by atoms with van der Waals surface area (Å²) in [7, 11) is 0. The molecule has 17 heavy (non-hydrogen) atoms. The number of hydrogen-bond donors (Lipinski definition) is 2. The number of halogens is 1. The topological polar surface area (TPSA) is 47.3 Å². The molecule has 0 aromatic heterocycles. The fourth-order valence-corrected chi connectivity index (χ4v) is 1.64. The second-order valence-electron chi connectivity index (χ2n) is 3.68. The Hall–Kier alpha value is -1.87. The Labute approximate surface area is 105 Å². The third kappa shape index (κ3) is 2.82. The van der Waals surface area contributed by atoms with Crippen LogP contribution in [0.4, 0.5) is 11.4 Å². The van der Waals surface area contributed by atoms with Crippen molar-refractivity contribution in [3.05, 3.63) is 53.1 Å². The summed E-state index contributed by atoms with van der Waals surface area (Å²) in [5.41, 5.74) is 11.0. The molecule has 0 saturated heterocycles. The van der Waals surface area contributed by atoms with Crippen LogP contribution in [0.2, 0.25) is 5.02 Å². The Morgan fingerprint density at radius 2 is 1.88 bits per heavy atom. The maximum atomic E-state index is 5.93. The molecular weight excluding hydrogens is 236 g/mol. The number of nitrogens with two attached hydrogens (primary N) is 1. The summed E-state index contributed by atoms with van der Waals surface area (Å²) in [4.78, 5) is 5.42. The Kier molecular flexibility index (Phi) is 3.40. The van der Waals surface area contributed by atoms with Crippen molar-refractivity contribution in [3.8, 4) is 5.75 Å². The van der Waals surface area contributed by atoms with E-state index in [2.05, 4.69) is 5.48 Å². The molecule has 0 aliphatic carbocycles. The smallest absolute Gasteiger partial charge is 0.155 e. The molecule has 2 aromatic rings. The molecule has 3 nitrogen and oxygen atoms in total. The van der Waals surface area contributed by atoms with Crippen molar-refractivity contribution < 1.29 is 4.84 Å². The van der Waals surface area contributed by atoms with Crippen molar-refractivity contribution in [2.24, 2.45) is 0 Å². The number of para-hydroxylation sites is 1. The molecule has 88 valence electrons. The largest absolute Gasteiger partial charge is 0.398 e. The molecule has 0 radical (unpaired) electrons. The minimum absolute atomic E-state index is 0.576. The van der Waals surface area contributed by atoms with Gasteiger partial charge in [-0.15, -0.1) is 0 Å². The number of nitrogen functional groups attached to an aromatic ring is 1. The molecule has 0 fully saturated rings. The zero-order valence-electron chi connectivity index (χ0n) is 9.41. The summed E-state index contributed by atoms with van der Waals surface area (Å²) in [6.45, 7) is 1.91. The average molecular weight is 249 g/mol. The molecule has 0 aliphatic rings. The second-order valence-corrected chi connectivity index (χ2v) is 4.12. The first-order chi connectivity index (χ1) is 8.16. The Morgan fingerprint density at radius 3 is 2.59 bits per heavy atom. The summed E-state index contributed by atoms with van der Waals surface area (Å²) in [5.74, 6) is 0.727. The molecule has 0 atom stereocenters. The van der Waals surface area contributed by atoms with Crippen molar-refractivity contribution in [1.29, 1.82) is 0 Å². The standard InChI is InChI=1S/C13H13ClN2O/c1-9-12(15)7-10(14)8-13(9)16-17-11-5-3-2-4-6-11/h2-8,16H,15H2,1H3. The van der Waals surface area contributed by atoms with Crippen molar-refractivity contribution in [1.82, 2.24) is 0 Å². The zero-order chi connectivity index (χ0) is 12.3. The lowest BCUT2D eigenvalue weighted by Crippen LogP contribution is -2.07. The van der Waals surface area contributed by atoms with E-state index in [-0.39, 0.29) is 0 Å². The van der Waals surface area contributed by atoms with Crippen LogP contribution in [0.15, 0.2) is 42.5 Å². The van der Waals surface area contributed by atoms with Crippen LogP contribution in [-0.4, -0.2) is 0 Å². The predicted molar refractivity (Wildman–Crippen MR) is 71.3 cm³/mol. The summed E-state index contributed by atoms with van der Waals surface area (Å²) < 4.78 is 0. The molecule has 3 N–H and O–H groups in total. The van der Waals surface area contributed by atoms with Gasteiger partial charge < -0.3 is 10.6 Å². The quantitative estimate of drug-likeness (QED) is 0.644. The van der Waals surface area contributed by atoms with Crippen LogP contribution in [0.1, 0.15) is 5.56 Å². The number of anilines is 2. The minimum atomic E-state index is 0.576. The normalized spacial score (nSPS) is 10.0. The maximum Gasteiger partial charge on any atom is 0.155 e. The third-order valence-corrected chi connectivity index (χ3v) is 2.65. The van der Waals surface area contributed by atoms with Gasteiger partial charge in [-0.05, 0) is 36.8 Å². The molecule has 0 saturated carbocycles. The molecule has 0 unspecified atom stereocenters. The molecule has 0 bridgehead atoms. The van der Waals surface area contributed by atoms with Crippen molar-refractivity contribution in [3.63, 3.8) is 0 Å². The van der Waals surface area contributed by atoms with Gasteiger partial charge in [-0.2, -0.15) is 0 Å². The molecule has 4 heteroatoms. The average Bonchev–Trinajstić information content (AvgIpc) is 2.33.